The van der Waals surface area contributed by atoms with E-state index in [9.17, 15) is 4.79 Å². The molecule has 0 heterocycles. The SMILES string of the molecule is CCCCCCCCCCOC(=O)C[N+](C)(C)C.[Cl-]. The summed E-state index contributed by atoms with van der Waals surface area (Å²) in [4.78, 5) is 11.4. The van der Waals surface area contributed by atoms with Crippen LogP contribution in [0.4, 0.5) is 0 Å². The van der Waals surface area contributed by atoms with Crippen LogP contribution in [0.3, 0.4) is 0 Å². The standard InChI is InChI=1S/C15H32NO2.ClH/c1-5-6-7-8-9-10-11-12-13-18-15(17)14-16(2,3)4;/h5-14H2,1-4H3;1H/q+1;/p-1. The average Bonchev–Trinajstić information content (AvgIpc) is 2.24. The zero-order valence-corrected chi connectivity index (χ0v) is 14.0. The summed E-state index contributed by atoms with van der Waals surface area (Å²) in [5, 5.41) is 0. The molecule has 19 heavy (non-hydrogen) atoms. The first kappa shape index (κ1) is 21.0. The van der Waals surface area contributed by atoms with Crippen molar-refractivity contribution in [1.82, 2.24) is 0 Å². The monoisotopic (exact) mass is 293 g/mol. The molecule has 0 N–H and O–H groups in total. The zero-order valence-electron chi connectivity index (χ0n) is 13.2. The van der Waals surface area contributed by atoms with Crippen LogP contribution in [-0.4, -0.2) is 44.7 Å². The first-order valence-corrected chi connectivity index (χ1v) is 7.42. The van der Waals surface area contributed by atoms with Crippen LogP contribution in [0.5, 0.6) is 0 Å². The number of hydrogen-bond acceptors (Lipinski definition) is 2. The van der Waals surface area contributed by atoms with E-state index in [0.717, 1.165) is 6.42 Å². The third-order valence-corrected chi connectivity index (χ3v) is 2.86. The lowest BCUT2D eigenvalue weighted by atomic mass is 10.1. The van der Waals surface area contributed by atoms with Gasteiger partial charge in [-0.15, -0.1) is 0 Å². The summed E-state index contributed by atoms with van der Waals surface area (Å²) in [5.74, 6) is -0.0783. The normalized spacial score (nSPS) is 10.9. The van der Waals surface area contributed by atoms with Gasteiger partial charge < -0.3 is 21.6 Å². The van der Waals surface area contributed by atoms with Gasteiger partial charge in [-0.2, -0.15) is 0 Å². The molecular formula is C15H32ClNO2. The molecule has 0 aromatic rings. The number of nitrogens with zero attached hydrogens (tertiary/aromatic N) is 1. The molecule has 3 nitrogen and oxygen atoms in total. The molecule has 0 aliphatic heterocycles. The minimum atomic E-state index is -0.0783. The number of unbranched alkanes of at least 4 members (excludes halogenated alkanes) is 7. The highest BCUT2D eigenvalue weighted by molar-refractivity contribution is 5.70. The van der Waals surface area contributed by atoms with Gasteiger partial charge >= 0.3 is 5.97 Å². The topological polar surface area (TPSA) is 26.3 Å². The van der Waals surface area contributed by atoms with Crippen LogP contribution in [0.25, 0.3) is 0 Å². The average molecular weight is 294 g/mol. The summed E-state index contributed by atoms with van der Waals surface area (Å²) in [7, 11) is 5.99. The Hall–Kier alpha value is -0.280. The molecule has 116 valence electrons. The van der Waals surface area contributed by atoms with Gasteiger partial charge in [0.15, 0.2) is 6.54 Å². The number of esters is 1. The van der Waals surface area contributed by atoms with Gasteiger partial charge in [-0.05, 0) is 6.42 Å². The van der Waals surface area contributed by atoms with E-state index < -0.39 is 0 Å². The molecule has 4 heteroatoms. The lowest BCUT2D eigenvalue weighted by Gasteiger charge is -2.22. The maximum absolute atomic E-state index is 11.4. The van der Waals surface area contributed by atoms with Gasteiger partial charge in [-0.3, -0.25) is 0 Å². The minimum absolute atomic E-state index is 0. The Kier molecular flexibility index (Phi) is 14.1. The summed E-state index contributed by atoms with van der Waals surface area (Å²) in [6, 6.07) is 0. The van der Waals surface area contributed by atoms with Crippen LogP contribution >= 0.6 is 0 Å². The van der Waals surface area contributed by atoms with Crippen molar-refractivity contribution in [3.8, 4) is 0 Å². The Morgan fingerprint density at radius 2 is 1.37 bits per heavy atom. The third kappa shape index (κ3) is 17.7. The molecule has 0 aliphatic rings. The van der Waals surface area contributed by atoms with Gasteiger partial charge in [0.05, 0.1) is 27.7 Å². The fraction of sp³-hybridized carbons (Fsp3) is 0.933. The van der Waals surface area contributed by atoms with Gasteiger partial charge in [-0.1, -0.05) is 51.9 Å². The predicted octanol–water partition coefficient (Wildman–Crippen LogP) is 0.381. The van der Waals surface area contributed by atoms with E-state index >= 15 is 0 Å². The lowest BCUT2D eigenvalue weighted by molar-refractivity contribution is -0.862. The molecule has 0 bridgehead atoms. The molecule has 0 aromatic heterocycles. The molecule has 0 spiro atoms. The summed E-state index contributed by atoms with van der Waals surface area (Å²) < 4.78 is 5.84. The van der Waals surface area contributed by atoms with Gasteiger partial charge in [0, 0.05) is 0 Å². The quantitative estimate of drug-likeness (QED) is 0.313. The van der Waals surface area contributed by atoms with E-state index in [4.69, 9.17) is 4.74 Å². The van der Waals surface area contributed by atoms with E-state index in [1.165, 1.54) is 44.9 Å². The van der Waals surface area contributed by atoms with Crippen LogP contribution in [0.1, 0.15) is 58.3 Å². The molecule has 0 saturated carbocycles. The third-order valence-electron chi connectivity index (χ3n) is 2.86. The molecule has 0 saturated heterocycles. The van der Waals surface area contributed by atoms with Crippen molar-refractivity contribution < 1.29 is 26.4 Å². The first-order chi connectivity index (χ1) is 8.45. The fourth-order valence-corrected chi connectivity index (χ4v) is 1.85. The summed E-state index contributed by atoms with van der Waals surface area (Å²) in [5.41, 5.74) is 0. The van der Waals surface area contributed by atoms with E-state index in [-0.39, 0.29) is 18.4 Å². The molecule has 0 aliphatic carbocycles. The van der Waals surface area contributed by atoms with E-state index in [1.54, 1.807) is 0 Å². The van der Waals surface area contributed by atoms with Crippen molar-refractivity contribution in [2.45, 2.75) is 58.3 Å². The van der Waals surface area contributed by atoms with Crippen molar-refractivity contribution >= 4 is 5.97 Å². The van der Waals surface area contributed by atoms with Crippen molar-refractivity contribution in [1.29, 1.82) is 0 Å². The van der Waals surface area contributed by atoms with Crippen molar-refractivity contribution in [2.24, 2.45) is 0 Å². The van der Waals surface area contributed by atoms with Crippen molar-refractivity contribution in [3.05, 3.63) is 0 Å². The Balaban J connectivity index is 0. The predicted molar refractivity (Wildman–Crippen MR) is 76.5 cm³/mol. The zero-order chi connectivity index (χ0) is 13.9. The summed E-state index contributed by atoms with van der Waals surface area (Å²) in [6.45, 7) is 3.29. The largest absolute Gasteiger partial charge is 1.00 e. The summed E-state index contributed by atoms with van der Waals surface area (Å²) >= 11 is 0. The first-order valence-electron chi connectivity index (χ1n) is 7.42. The molecular weight excluding hydrogens is 262 g/mol. The van der Waals surface area contributed by atoms with Crippen molar-refractivity contribution in [2.75, 3.05) is 34.3 Å². The van der Waals surface area contributed by atoms with E-state index in [0.29, 0.717) is 17.6 Å². The number of quaternary nitrogens is 1. The van der Waals surface area contributed by atoms with Crippen molar-refractivity contribution in [3.63, 3.8) is 0 Å². The fourth-order valence-electron chi connectivity index (χ4n) is 1.85. The number of hydrogen-bond donors (Lipinski definition) is 0. The molecule has 0 amide bonds. The number of halogens is 1. The van der Waals surface area contributed by atoms with Crippen LogP contribution in [0.15, 0.2) is 0 Å². The van der Waals surface area contributed by atoms with E-state index in [2.05, 4.69) is 6.92 Å². The molecule has 0 radical (unpaired) electrons. The maximum atomic E-state index is 11.4. The lowest BCUT2D eigenvalue weighted by Crippen LogP contribution is -3.00. The van der Waals surface area contributed by atoms with Crippen LogP contribution in [0, 0.1) is 0 Å². The van der Waals surface area contributed by atoms with Gasteiger partial charge in [-0.25, -0.2) is 4.79 Å². The molecule has 0 unspecified atom stereocenters. The molecule has 0 aromatic carbocycles. The van der Waals surface area contributed by atoms with Crippen LogP contribution in [0.2, 0.25) is 0 Å². The highest BCUT2D eigenvalue weighted by Crippen LogP contribution is 2.08. The molecule has 0 atom stereocenters. The Morgan fingerprint density at radius 1 is 0.895 bits per heavy atom. The molecule has 0 fully saturated rings. The number of ether oxygens (including phenoxy) is 1. The number of carbonyl (C=O) groups excluding carboxylic acids is 1. The maximum Gasteiger partial charge on any atom is 0.361 e. The Bertz CT molecular complexity index is 215. The minimum Gasteiger partial charge on any atom is -1.00 e. The van der Waals surface area contributed by atoms with Gasteiger partial charge in [0.2, 0.25) is 0 Å². The Labute approximate surface area is 125 Å². The number of carbonyl (C=O) groups is 1. The van der Waals surface area contributed by atoms with Crippen LogP contribution in [-0.2, 0) is 9.53 Å². The highest BCUT2D eigenvalue weighted by atomic mass is 35.5. The second-order valence-corrected chi connectivity index (χ2v) is 6.14. The second-order valence-electron chi connectivity index (χ2n) is 6.14. The van der Waals surface area contributed by atoms with Gasteiger partial charge in [0.1, 0.15) is 0 Å². The molecule has 0 rings (SSSR count). The van der Waals surface area contributed by atoms with Gasteiger partial charge in [0.25, 0.3) is 0 Å². The highest BCUT2D eigenvalue weighted by Gasteiger charge is 2.14. The second kappa shape index (κ2) is 12.7. The van der Waals surface area contributed by atoms with Crippen LogP contribution < -0.4 is 12.4 Å². The summed E-state index contributed by atoms with van der Waals surface area (Å²) in [6.07, 6.45) is 10.2. The smallest absolute Gasteiger partial charge is 0.361 e. The van der Waals surface area contributed by atoms with E-state index in [1.807, 2.05) is 21.1 Å². The Morgan fingerprint density at radius 3 is 1.84 bits per heavy atom. The number of rotatable bonds is 11. The number of likely N-dealkylation sites (N-methyl/N-ethyl adjacent to an activating group) is 1.